The van der Waals surface area contributed by atoms with Gasteiger partial charge in [-0.2, -0.15) is 0 Å². The first kappa shape index (κ1) is 21.1. The molecular weight excluding hydrogens is 246 g/mol. The number of carbonyl (C=O) groups excluding carboxylic acids is 3. The van der Waals surface area contributed by atoms with E-state index in [-0.39, 0.29) is 106 Å². The Bertz CT molecular complexity index is 199. The van der Waals surface area contributed by atoms with E-state index < -0.39 is 31.2 Å². The first-order valence-electron chi connectivity index (χ1n) is 2.95. The number of nitrogens with two attached hydrogens (primary N) is 2. The molecule has 0 radical (unpaired) electrons. The summed E-state index contributed by atoms with van der Waals surface area (Å²) in [7, 11) is 0. The van der Waals surface area contributed by atoms with Gasteiger partial charge >= 0.3 is 121 Å². The van der Waals surface area contributed by atoms with Gasteiger partial charge in [-0.25, -0.2) is 4.79 Å². The number of rotatable bonds is 2. The van der Waals surface area contributed by atoms with Crippen LogP contribution < -0.4 is 114 Å². The molecule has 14 heavy (non-hydrogen) atoms. The van der Waals surface area contributed by atoms with Gasteiger partial charge in [-0.3, -0.25) is 9.59 Å². The van der Waals surface area contributed by atoms with Crippen LogP contribution in [-0.2, 0) is 19.1 Å². The molecule has 0 aliphatic carbocycles. The molecule has 0 rings (SSSR count). The van der Waals surface area contributed by atoms with E-state index in [0.29, 0.717) is 0 Å². The predicted octanol–water partition coefficient (Wildman–Crippen LogP) is -7.66. The third kappa shape index (κ3) is 11.9. The Hall–Kier alpha value is 1.80. The standard InChI is InChI=1S/C5H8N2O5.2K.2H/c6-1-3(8)11-5(10)12-4(9)2-7;;;;/h1-2,6-7H2;;;;/q;2*+1;2*-1. The molecule has 0 aliphatic rings. The predicted molar refractivity (Wildman–Crippen MR) is 37.9 cm³/mol. The topological polar surface area (TPSA) is 122 Å². The van der Waals surface area contributed by atoms with E-state index in [4.69, 9.17) is 11.5 Å². The molecule has 0 fully saturated rings. The van der Waals surface area contributed by atoms with E-state index >= 15 is 0 Å². The van der Waals surface area contributed by atoms with E-state index in [1.165, 1.54) is 0 Å². The summed E-state index contributed by atoms with van der Waals surface area (Å²) in [6, 6.07) is 0. The Morgan fingerprint density at radius 2 is 1.21 bits per heavy atom. The molecule has 0 spiro atoms. The zero-order valence-corrected chi connectivity index (χ0v) is 14.4. The number of hydrogen-bond acceptors (Lipinski definition) is 7. The molecule has 0 saturated carbocycles. The van der Waals surface area contributed by atoms with Crippen molar-refractivity contribution in [3.63, 3.8) is 0 Å². The van der Waals surface area contributed by atoms with E-state index in [0.717, 1.165) is 0 Å². The minimum atomic E-state index is -1.42. The van der Waals surface area contributed by atoms with Crippen molar-refractivity contribution in [2.45, 2.75) is 0 Å². The molecule has 0 aromatic carbocycles. The van der Waals surface area contributed by atoms with Gasteiger partial charge in [0.1, 0.15) is 0 Å². The van der Waals surface area contributed by atoms with Crippen LogP contribution in [0.5, 0.6) is 0 Å². The maximum Gasteiger partial charge on any atom is 1.00 e. The average molecular weight is 256 g/mol. The first-order chi connectivity index (χ1) is 5.60. The van der Waals surface area contributed by atoms with Crippen LogP contribution in [0.4, 0.5) is 4.79 Å². The summed E-state index contributed by atoms with van der Waals surface area (Å²) in [5.74, 6) is -1.96. The van der Waals surface area contributed by atoms with Gasteiger partial charge in [-0.15, -0.1) is 0 Å². The van der Waals surface area contributed by atoms with E-state index in [9.17, 15) is 14.4 Å². The molecule has 0 saturated heterocycles. The van der Waals surface area contributed by atoms with Crippen LogP contribution in [0.1, 0.15) is 2.85 Å². The van der Waals surface area contributed by atoms with Crippen molar-refractivity contribution in [1.82, 2.24) is 0 Å². The van der Waals surface area contributed by atoms with Crippen molar-refractivity contribution in [3.8, 4) is 0 Å². The van der Waals surface area contributed by atoms with Crippen molar-refractivity contribution >= 4 is 18.1 Å². The van der Waals surface area contributed by atoms with Gasteiger partial charge in [0, 0.05) is 0 Å². The molecule has 0 heterocycles. The molecule has 0 aliphatic heterocycles. The first-order valence-corrected chi connectivity index (χ1v) is 2.95. The monoisotopic (exact) mass is 256 g/mol. The fourth-order valence-electron chi connectivity index (χ4n) is 0.290. The van der Waals surface area contributed by atoms with Crippen LogP contribution in [0.2, 0.25) is 0 Å². The molecule has 0 bridgehead atoms. The van der Waals surface area contributed by atoms with Gasteiger partial charge in [0.15, 0.2) is 0 Å². The SMILES string of the molecule is NCC(=O)OC(=O)OC(=O)CN.[H-].[H-].[K+].[K+]. The second-order valence-corrected chi connectivity index (χ2v) is 1.61. The van der Waals surface area contributed by atoms with Crippen LogP contribution in [-0.4, -0.2) is 31.2 Å². The second kappa shape index (κ2) is 12.9. The maximum atomic E-state index is 10.4. The van der Waals surface area contributed by atoms with Gasteiger partial charge < -0.3 is 23.8 Å². The summed E-state index contributed by atoms with van der Waals surface area (Å²) in [4.78, 5) is 31.0. The minimum Gasteiger partial charge on any atom is -1.00 e. The summed E-state index contributed by atoms with van der Waals surface area (Å²) in [6.07, 6.45) is -1.42. The van der Waals surface area contributed by atoms with Crippen LogP contribution in [0, 0.1) is 0 Å². The molecular formula is C5H10K2N2O5. The van der Waals surface area contributed by atoms with Crippen LogP contribution in [0.3, 0.4) is 0 Å². The van der Waals surface area contributed by atoms with Crippen LogP contribution >= 0.6 is 0 Å². The number of hydrogen-bond donors (Lipinski definition) is 2. The molecule has 72 valence electrons. The van der Waals surface area contributed by atoms with E-state index in [1.54, 1.807) is 0 Å². The van der Waals surface area contributed by atoms with Crippen molar-refractivity contribution in [1.29, 1.82) is 0 Å². The summed E-state index contributed by atoms with van der Waals surface area (Å²) in [6.45, 7) is -0.933. The Balaban J connectivity index is -0.000000101. The van der Waals surface area contributed by atoms with Crippen LogP contribution in [0.25, 0.3) is 0 Å². The zero-order chi connectivity index (χ0) is 9.56. The Kier molecular flexibility index (Phi) is 19.4. The Morgan fingerprint density at radius 3 is 1.43 bits per heavy atom. The smallest absolute Gasteiger partial charge is 1.00 e. The van der Waals surface area contributed by atoms with Crippen LogP contribution in [0.15, 0.2) is 0 Å². The molecule has 0 atom stereocenters. The number of ether oxygens (including phenoxy) is 2. The average Bonchev–Trinajstić information content (AvgIpc) is 2.03. The fraction of sp³-hybridized carbons (Fsp3) is 0.400. The third-order valence-corrected chi connectivity index (χ3v) is 0.728. The van der Waals surface area contributed by atoms with Crippen molar-refractivity contribution in [2.75, 3.05) is 13.1 Å². The fourth-order valence-corrected chi connectivity index (χ4v) is 0.290. The van der Waals surface area contributed by atoms with Gasteiger partial charge in [0.05, 0.1) is 13.1 Å². The molecule has 0 aromatic rings. The Labute approximate surface area is 168 Å². The number of carbonyl (C=O) groups is 3. The quantitative estimate of drug-likeness (QED) is 0.286. The molecule has 4 N–H and O–H groups in total. The van der Waals surface area contributed by atoms with Crippen molar-refractivity contribution in [2.24, 2.45) is 11.5 Å². The summed E-state index contributed by atoms with van der Waals surface area (Å²) in [5.41, 5.74) is 9.58. The summed E-state index contributed by atoms with van der Waals surface area (Å²) >= 11 is 0. The minimum absolute atomic E-state index is 0. The number of esters is 2. The van der Waals surface area contributed by atoms with Crippen molar-refractivity contribution in [3.05, 3.63) is 0 Å². The van der Waals surface area contributed by atoms with E-state index in [1.807, 2.05) is 0 Å². The molecule has 9 heteroatoms. The van der Waals surface area contributed by atoms with E-state index in [2.05, 4.69) is 9.47 Å². The normalized spacial score (nSPS) is 7.57. The summed E-state index contributed by atoms with van der Waals surface area (Å²) < 4.78 is 7.74. The Morgan fingerprint density at radius 1 is 0.929 bits per heavy atom. The third-order valence-electron chi connectivity index (χ3n) is 0.728. The van der Waals surface area contributed by atoms with Gasteiger partial charge in [-0.1, -0.05) is 0 Å². The van der Waals surface area contributed by atoms with Gasteiger partial charge in [0.2, 0.25) is 0 Å². The molecule has 0 amide bonds. The van der Waals surface area contributed by atoms with Gasteiger partial charge in [-0.05, 0) is 0 Å². The molecule has 0 aromatic heterocycles. The summed E-state index contributed by atoms with van der Waals surface area (Å²) in [5, 5.41) is 0. The molecule has 7 nitrogen and oxygen atoms in total. The zero-order valence-electron chi connectivity index (χ0n) is 10.1. The van der Waals surface area contributed by atoms with Crippen molar-refractivity contribution < 1.29 is 129 Å². The van der Waals surface area contributed by atoms with Gasteiger partial charge in [0.25, 0.3) is 0 Å². The second-order valence-electron chi connectivity index (χ2n) is 1.61. The molecule has 0 unspecified atom stereocenters. The largest absolute Gasteiger partial charge is 1.00 e. The maximum absolute atomic E-state index is 10.4.